The molecular formula is C23H28INO5. The fourth-order valence-electron chi connectivity index (χ4n) is 4.38. The second kappa shape index (κ2) is 9.01. The van der Waals surface area contributed by atoms with Gasteiger partial charge in [-0.25, -0.2) is 0 Å². The molecule has 0 aliphatic carbocycles. The number of phenolic OH excluding ortho intramolecular Hbond substituents is 1. The van der Waals surface area contributed by atoms with Crippen LogP contribution in [0.2, 0.25) is 0 Å². The van der Waals surface area contributed by atoms with Crippen molar-refractivity contribution < 1.29 is 52.6 Å². The fourth-order valence-corrected chi connectivity index (χ4v) is 4.38. The van der Waals surface area contributed by atoms with Crippen LogP contribution in [0.4, 0.5) is 0 Å². The zero-order valence-corrected chi connectivity index (χ0v) is 19.8. The first-order chi connectivity index (χ1) is 13.9. The Hall–Kier alpha value is -2.00. The van der Waals surface area contributed by atoms with E-state index < -0.39 is 0 Å². The number of ether oxygens (including phenoxy) is 3. The number of aryl methyl sites for hydroxylation is 1. The number of carbonyl (C=O) groups excluding carboxylic acids is 1. The normalized spacial score (nSPS) is 18.3. The lowest BCUT2D eigenvalue weighted by atomic mass is 9.86. The van der Waals surface area contributed by atoms with Crippen molar-refractivity contribution >= 4 is 5.78 Å². The van der Waals surface area contributed by atoms with Crippen molar-refractivity contribution in [2.75, 3.05) is 34.5 Å². The molecule has 4 rings (SSSR count). The summed E-state index contributed by atoms with van der Waals surface area (Å²) in [5.74, 6) is 2.54. The van der Waals surface area contributed by atoms with E-state index in [1.807, 2.05) is 18.2 Å². The maximum absolute atomic E-state index is 12.9. The number of halogens is 1. The minimum Gasteiger partial charge on any atom is -1.00 e. The number of phenols is 1. The van der Waals surface area contributed by atoms with E-state index in [-0.39, 0.29) is 48.3 Å². The van der Waals surface area contributed by atoms with Gasteiger partial charge in [-0.1, -0.05) is 12.1 Å². The minimum absolute atomic E-state index is 0. The van der Waals surface area contributed by atoms with Crippen molar-refractivity contribution in [1.82, 2.24) is 0 Å². The number of carbonyl (C=O) groups is 1. The Morgan fingerprint density at radius 1 is 1.23 bits per heavy atom. The molecule has 2 aliphatic rings. The van der Waals surface area contributed by atoms with Crippen LogP contribution in [-0.4, -0.2) is 49.9 Å². The summed E-state index contributed by atoms with van der Waals surface area (Å²) in [6, 6.07) is 9.10. The van der Waals surface area contributed by atoms with Gasteiger partial charge in [0.25, 0.3) is 0 Å². The molecule has 1 N–H and O–H groups in total. The number of aromatic hydroxyl groups is 1. The highest BCUT2D eigenvalue weighted by atomic mass is 127. The predicted octanol–water partition coefficient (Wildman–Crippen LogP) is 0.399. The third kappa shape index (κ3) is 4.37. The summed E-state index contributed by atoms with van der Waals surface area (Å²) in [5, 5.41) is 9.42. The number of hydrogen-bond acceptors (Lipinski definition) is 5. The van der Waals surface area contributed by atoms with Gasteiger partial charge in [-0.05, 0) is 35.7 Å². The molecule has 2 aromatic carbocycles. The van der Waals surface area contributed by atoms with Crippen LogP contribution in [0.5, 0.6) is 23.0 Å². The first kappa shape index (κ1) is 22.7. The van der Waals surface area contributed by atoms with E-state index >= 15 is 0 Å². The maximum Gasteiger partial charge on any atom is 0.231 e. The second-order valence-corrected chi connectivity index (χ2v) is 8.39. The Labute approximate surface area is 194 Å². The van der Waals surface area contributed by atoms with Gasteiger partial charge in [0, 0.05) is 12.8 Å². The number of hydrogen-bond donors (Lipinski definition) is 1. The molecule has 7 heteroatoms. The number of likely N-dealkylation sites (N-methyl/N-ethyl adjacent to an activating group) is 1. The van der Waals surface area contributed by atoms with E-state index in [1.165, 1.54) is 5.56 Å². The quantitative estimate of drug-likeness (QED) is 0.437. The summed E-state index contributed by atoms with van der Waals surface area (Å²) in [4.78, 5) is 12.9. The largest absolute Gasteiger partial charge is 1.00 e. The van der Waals surface area contributed by atoms with Gasteiger partial charge in [-0.15, -0.1) is 0 Å². The van der Waals surface area contributed by atoms with Crippen molar-refractivity contribution in [3.63, 3.8) is 0 Å². The molecule has 2 aromatic rings. The van der Waals surface area contributed by atoms with Crippen molar-refractivity contribution in [1.29, 1.82) is 0 Å². The first-order valence-electron chi connectivity index (χ1n) is 10.0. The number of rotatable bonds is 6. The average molecular weight is 525 g/mol. The number of fused-ring (bicyclic) bond motifs is 2. The molecule has 1 atom stereocenters. The molecule has 0 aromatic heterocycles. The minimum atomic E-state index is 0. The number of Topliss-reactive ketones (excluding diaryl/α,β-unsaturated/α-hetero) is 1. The van der Waals surface area contributed by atoms with Gasteiger partial charge in [0.1, 0.15) is 17.6 Å². The number of nitrogens with zero attached hydrogens (tertiary/aromatic N) is 1. The van der Waals surface area contributed by atoms with Gasteiger partial charge in [0.2, 0.25) is 12.5 Å². The monoisotopic (exact) mass is 525 g/mol. The molecule has 162 valence electrons. The van der Waals surface area contributed by atoms with Crippen LogP contribution in [0.25, 0.3) is 0 Å². The van der Waals surface area contributed by atoms with Gasteiger partial charge < -0.3 is 47.8 Å². The summed E-state index contributed by atoms with van der Waals surface area (Å²) < 4.78 is 17.7. The number of methoxy groups -OCH3 is 1. The third-order valence-corrected chi connectivity index (χ3v) is 6.13. The highest BCUT2D eigenvalue weighted by Gasteiger charge is 2.42. The third-order valence-electron chi connectivity index (χ3n) is 6.13. The van der Waals surface area contributed by atoms with Gasteiger partial charge in [-0.2, -0.15) is 0 Å². The molecule has 0 bridgehead atoms. The smallest absolute Gasteiger partial charge is 0.231 e. The maximum atomic E-state index is 12.9. The molecule has 0 spiro atoms. The van der Waals surface area contributed by atoms with Crippen LogP contribution < -0.4 is 38.2 Å². The lowest BCUT2D eigenvalue weighted by Gasteiger charge is -2.43. The molecular weight excluding hydrogens is 497 g/mol. The Kier molecular flexibility index (Phi) is 6.81. The van der Waals surface area contributed by atoms with Crippen molar-refractivity contribution in [3.05, 3.63) is 47.0 Å². The molecule has 30 heavy (non-hydrogen) atoms. The lowest BCUT2D eigenvalue weighted by Crippen LogP contribution is -3.00. The van der Waals surface area contributed by atoms with E-state index in [4.69, 9.17) is 14.2 Å². The van der Waals surface area contributed by atoms with Gasteiger partial charge in [0.15, 0.2) is 11.5 Å². The average Bonchev–Trinajstić information content (AvgIpc) is 3.16. The van der Waals surface area contributed by atoms with Crippen LogP contribution >= 0.6 is 0 Å². The topological polar surface area (TPSA) is 65.0 Å². The van der Waals surface area contributed by atoms with Crippen molar-refractivity contribution in [2.45, 2.75) is 31.7 Å². The second-order valence-electron chi connectivity index (χ2n) is 8.39. The highest BCUT2D eigenvalue weighted by molar-refractivity contribution is 5.80. The van der Waals surface area contributed by atoms with E-state index in [0.717, 1.165) is 34.3 Å². The molecule has 0 radical (unpaired) electrons. The fraction of sp³-hybridized carbons (Fsp3) is 0.435. The Morgan fingerprint density at radius 2 is 1.97 bits per heavy atom. The van der Waals surface area contributed by atoms with E-state index in [9.17, 15) is 9.90 Å². The van der Waals surface area contributed by atoms with Crippen LogP contribution in [0.3, 0.4) is 0 Å². The summed E-state index contributed by atoms with van der Waals surface area (Å²) >= 11 is 0. The number of quaternary nitrogens is 1. The Balaban J connectivity index is 0.00000256. The standard InChI is InChI=1S/C23H27NO5.HI/c1-24(2)11-10-16-12-20-22(29-14-28-20)23(27-3)21(16)19(24)13-18(26)9-6-15-4-7-17(25)8-5-15;/h4-5,7-8,12,19H,6,9-11,13-14H2,1-3H3;1H. The van der Waals surface area contributed by atoms with E-state index in [0.29, 0.717) is 30.8 Å². The Morgan fingerprint density at radius 3 is 2.67 bits per heavy atom. The zero-order chi connectivity index (χ0) is 20.6. The SMILES string of the molecule is COc1c2c(cc3c1C(CC(=O)CCc1ccc(O)cc1)[N+](C)(C)CC3)OCO2.[I-]. The first-order valence-corrected chi connectivity index (χ1v) is 10.0. The summed E-state index contributed by atoms with van der Waals surface area (Å²) in [6.45, 7) is 1.15. The molecule has 2 aliphatic heterocycles. The molecule has 1 unspecified atom stereocenters. The van der Waals surface area contributed by atoms with E-state index in [2.05, 4.69) is 14.1 Å². The summed E-state index contributed by atoms with van der Waals surface area (Å²) in [7, 11) is 5.99. The molecule has 6 nitrogen and oxygen atoms in total. The molecule has 2 heterocycles. The van der Waals surface area contributed by atoms with E-state index in [1.54, 1.807) is 19.2 Å². The van der Waals surface area contributed by atoms with Crippen LogP contribution in [0, 0.1) is 0 Å². The number of benzene rings is 2. The highest BCUT2D eigenvalue weighted by Crippen LogP contribution is 2.51. The number of ketones is 1. The van der Waals surface area contributed by atoms with Gasteiger partial charge >= 0.3 is 0 Å². The van der Waals surface area contributed by atoms with Crippen LogP contribution in [0.15, 0.2) is 30.3 Å². The summed E-state index contributed by atoms with van der Waals surface area (Å²) in [6.07, 6.45) is 2.51. The lowest BCUT2D eigenvalue weighted by molar-refractivity contribution is -0.922. The molecule has 0 amide bonds. The zero-order valence-electron chi connectivity index (χ0n) is 17.6. The predicted molar refractivity (Wildman–Crippen MR) is 109 cm³/mol. The van der Waals surface area contributed by atoms with Crippen molar-refractivity contribution in [3.8, 4) is 23.0 Å². The van der Waals surface area contributed by atoms with Crippen LogP contribution in [-0.2, 0) is 17.6 Å². The van der Waals surface area contributed by atoms with Gasteiger partial charge in [-0.3, -0.25) is 4.79 Å². The molecule has 0 fully saturated rings. The van der Waals surface area contributed by atoms with Crippen LogP contribution in [0.1, 0.15) is 35.6 Å². The molecule has 0 saturated carbocycles. The molecule has 0 saturated heterocycles. The van der Waals surface area contributed by atoms with Crippen molar-refractivity contribution in [2.24, 2.45) is 0 Å². The summed E-state index contributed by atoms with van der Waals surface area (Å²) in [5.41, 5.74) is 3.31. The van der Waals surface area contributed by atoms with Gasteiger partial charge in [0.05, 0.1) is 39.7 Å². The Bertz CT molecular complexity index is 926.